The summed E-state index contributed by atoms with van der Waals surface area (Å²) in [5.41, 5.74) is 0.660. The lowest BCUT2D eigenvalue weighted by molar-refractivity contribution is -0.136. The molecule has 3 heterocycles. The number of halogens is 2. The van der Waals surface area contributed by atoms with Crippen molar-refractivity contribution in [2.75, 3.05) is 25.7 Å². The highest BCUT2D eigenvalue weighted by Gasteiger charge is 2.43. The number of hydrogen-bond acceptors (Lipinski definition) is 8. The number of ether oxygens (including phenoxy) is 1. The number of rotatable bonds is 5. The molecular weight excluding hydrogens is 448 g/mol. The quantitative estimate of drug-likeness (QED) is 0.629. The number of benzene rings is 1. The average molecular weight is 468 g/mol. The molecule has 0 aliphatic carbocycles. The van der Waals surface area contributed by atoms with E-state index in [0.717, 1.165) is 18.4 Å². The summed E-state index contributed by atoms with van der Waals surface area (Å²) >= 11 is 1.32. The Kier molecular flexibility index (Phi) is 5.65. The Labute approximate surface area is 182 Å². The van der Waals surface area contributed by atoms with Crippen LogP contribution < -0.4 is 0 Å². The maximum atomic E-state index is 14.7. The second-order valence-electron chi connectivity index (χ2n) is 7.48. The molecule has 1 saturated heterocycles. The zero-order valence-electron chi connectivity index (χ0n) is 16.7. The van der Waals surface area contributed by atoms with E-state index in [1.165, 1.54) is 24.5 Å². The molecule has 2 atom stereocenters. The second kappa shape index (κ2) is 8.12. The van der Waals surface area contributed by atoms with Crippen molar-refractivity contribution < 1.29 is 26.7 Å². The monoisotopic (exact) mass is 467 g/mol. The van der Waals surface area contributed by atoms with Gasteiger partial charge < -0.3 is 9.64 Å². The average Bonchev–Trinajstić information content (AvgIpc) is 3.34. The van der Waals surface area contributed by atoms with Crippen LogP contribution in [0.25, 0.3) is 0 Å². The topological polar surface area (TPSA) is 88.9 Å². The molecule has 0 bridgehead atoms. The minimum absolute atomic E-state index is 0.0227. The number of nitrogens with zero attached hydrogens (tertiary/aromatic N) is 3. The molecule has 0 spiro atoms. The lowest BCUT2D eigenvalue weighted by Gasteiger charge is -2.31. The molecule has 164 valence electrons. The van der Waals surface area contributed by atoms with Gasteiger partial charge >= 0.3 is 5.97 Å². The number of hydrogen-bond donors (Lipinski definition) is 0. The minimum atomic E-state index is -3.26. The van der Waals surface area contributed by atoms with E-state index in [2.05, 4.69) is 9.98 Å². The van der Waals surface area contributed by atoms with Gasteiger partial charge in [-0.3, -0.25) is 4.99 Å². The van der Waals surface area contributed by atoms with Crippen LogP contribution >= 0.6 is 11.3 Å². The largest absolute Gasteiger partial charge is 0.466 e. The number of methoxy groups -OCH3 is 1. The fourth-order valence-electron chi connectivity index (χ4n) is 4.03. The van der Waals surface area contributed by atoms with Crippen molar-refractivity contribution in [2.24, 2.45) is 10.9 Å². The molecule has 4 rings (SSSR count). The molecule has 0 amide bonds. The first-order valence-electron chi connectivity index (χ1n) is 9.37. The maximum Gasteiger partial charge on any atom is 0.338 e. The number of carbonyl (C=O) groups is 1. The van der Waals surface area contributed by atoms with Gasteiger partial charge in [0.15, 0.2) is 10.8 Å². The molecule has 11 heteroatoms. The summed E-state index contributed by atoms with van der Waals surface area (Å²) in [5.74, 6) is -2.22. The SMILES string of the molecule is COC(=O)C1=C2C[C@H](CS(C)(=O)=O)CN2C(c2nccs2)=N[C@H]1c1ccc(F)cc1F. The van der Waals surface area contributed by atoms with Crippen LogP contribution in [0, 0.1) is 17.6 Å². The van der Waals surface area contributed by atoms with Gasteiger partial charge in [0.1, 0.15) is 27.5 Å². The third-order valence-corrected chi connectivity index (χ3v) is 7.01. The van der Waals surface area contributed by atoms with E-state index in [0.29, 0.717) is 23.1 Å². The fourth-order valence-corrected chi connectivity index (χ4v) is 5.75. The summed E-state index contributed by atoms with van der Waals surface area (Å²) in [6, 6.07) is 2.01. The van der Waals surface area contributed by atoms with Gasteiger partial charge in [-0.05, 0) is 18.4 Å². The molecule has 2 aromatic rings. The molecule has 7 nitrogen and oxygen atoms in total. The third kappa shape index (κ3) is 4.24. The van der Waals surface area contributed by atoms with E-state index >= 15 is 0 Å². The summed E-state index contributed by atoms with van der Waals surface area (Å²) in [7, 11) is -2.05. The Hall–Kier alpha value is -2.66. The molecule has 0 N–H and O–H groups in total. The maximum absolute atomic E-state index is 14.7. The van der Waals surface area contributed by atoms with Crippen LogP contribution in [0.3, 0.4) is 0 Å². The lowest BCUT2D eigenvalue weighted by Crippen LogP contribution is -2.36. The number of aromatic nitrogens is 1. The van der Waals surface area contributed by atoms with Gasteiger partial charge in [-0.1, -0.05) is 6.07 Å². The van der Waals surface area contributed by atoms with E-state index in [1.807, 2.05) is 0 Å². The molecule has 0 radical (unpaired) electrons. The smallest absolute Gasteiger partial charge is 0.338 e. The van der Waals surface area contributed by atoms with Gasteiger partial charge in [-0.15, -0.1) is 11.3 Å². The second-order valence-corrected chi connectivity index (χ2v) is 10.6. The zero-order chi connectivity index (χ0) is 22.3. The van der Waals surface area contributed by atoms with Crippen LogP contribution in [-0.4, -0.2) is 55.8 Å². The first-order chi connectivity index (χ1) is 14.7. The molecule has 2 aliphatic rings. The summed E-state index contributed by atoms with van der Waals surface area (Å²) in [4.78, 5) is 23.4. The predicted octanol–water partition coefficient (Wildman–Crippen LogP) is 2.72. The molecule has 1 aromatic heterocycles. The highest BCUT2D eigenvalue weighted by Crippen LogP contribution is 2.43. The number of thiazole rings is 1. The van der Waals surface area contributed by atoms with Gasteiger partial charge in [0, 0.05) is 41.7 Å². The van der Waals surface area contributed by atoms with Crippen LogP contribution in [0.1, 0.15) is 23.0 Å². The Bertz CT molecular complexity index is 1190. The van der Waals surface area contributed by atoms with Gasteiger partial charge in [0.05, 0.1) is 18.4 Å². The van der Waals surface area contributed by atoms with Crippen molar-refractivity contribution in [3.05, 3.63) is 63.3 Å². The van der Waals surface area contributed by atoms with E-state index < -0.39 is 33.5 Å². The number of sulfone groups is 1. The Morgan fingerprint density at radius 3 is 2.74 bits per heavy atom. The Balaban J connectivity index is 1.89. The molecule has 1 fully saturated rings. The summed E-state index contributed by atoms with van der Waals surface area (Å²) in [6.07, 6.45) is 3.03. The molecule has 31 heavy (non-hydrogen) atoms. The summed E-state index contributed by atoms with van der Waals surface area (Å²) in [6.45, 7) is 0.319. The van der Waals surface area contributed by atoms with Crippen LogP contribution in [0.2, 0.25) is 0 Å². The fraction of sp³-hybridized carbons (Fsp3) is 0.350. The van der Waals surface area contributed by atoms with Gasteiger partial charge in [-0.25, -0.2) is 27.0 Å². The van der Waals surface area contributed by atoms with Gasteiger partial charge in [-0.2, -0.15) is 0 Å². The number of aliphatic imine (C=N–C) groups is 1. The van der Waals surface area contributed by atoms with Crippen molar-refractivity contribution in [3.8, 4) is 0 Å². The van der Waals surface area contributed by atoms with Crippen LogP contribution in [0.5, 0.6) is 0 Å². The lowest BCUT2D eigenvalue weighted by atomic mass is 9.93. The Morgan fingerprint density at radius 1 is 1.35 bits per heavy atom. The minimum Gasteiger partial charge on any atom is -0.466 e. The summed E-state index contributed by atoms with van der Waals surface area (Å²) in [5, 5.41) is 2.31. The van der Waals surface area contributed by atoms with E-state index in [4.69, 9.17) is 4.74 Å². The first-order valence-corrected chi connectivity index (χ1v) is 12.3. The molecule has 0 saturated carbocycles. The van der Waals surface area contributed by atoms with Crippen molar-refractivity contribution >= 4 is 33.0 Å². The van der Waals surface area contributed by atoms with Gasteiger partial charge in [0.25, 0.3) is 0 Å². The third-order valence-electron chi connectivity index (χ3n) is 5.16. The van der Waals surface area contributed by atoms with Crippen molar-refractivity contribution in [1.82, 2.24) is 9.88 Å². The van der Waals surface area contributed by atoms with Crippen molar-refractivity contribution in [1.29, 1.82) is 0 Å². The van der Waals surface area contributed by atoms with E-state index in [1.54, 1.807) is 16.5 Å². The van der Waals surface area contributed by atoms with E-state index in [-0.39, 0.29) is 29.2 Å². The summed E-state index contributed by atoms with van der Waals surface area (Å²) < 4.78 is 56.9. The predicted molar refractivity (Wildman–Crippen MR) is 111 cm³/mol. The standard InChI is InChI=1S/C20H19F2N3O4S2/c1-29-20(26)16-15-7-11(10-31(2,27)28)9-25(15)18(19-23-5-6-30-19)24-17(16)13-4-3-12(21)8-14(13)22/h3-6,8,11,17H,7,9-10H2,1-2H3/t11-,17-/m0/s1. The molecule has 1 aromatic carbocycles. The number of allylic oxidation sites excluding steroid dienone is 1. The number of amidine groups is 1. The molecule has 0 unspecified atom stereocenters. The van der Waals surface area contributed by atoms with Gasteiger partial charge in [0.2, 0.25) is 0 Å². The van der Waals surface area contributed by atoms with Crippen LogP contribution in [0.4, 0.5) is 8.78 Å². The van der Waals surface area contributed by atoms with Crippen molar-refractivity contribution in [3.63, 3.8) is 0 Å². The number of esters is 1. The Morgan fingerprint density at radius 2 is 2.13 bits per heavy atom. The number of carbonyl (C=O) groups excluding carboxylic acids is 1. The highest BCUT2D eigenvalue weighted by atomic mass is 32.2. The number of fused-ring (bicyclic) bond motifs is 1. The molecular formula is C20H19F2N3O4S2. The van der Waals surface area contributed by atoms with Crippen LogP contribution in [-0.2, 0) is 19.4 Å². The normalized spacial score (nSPS) is 21.2. The first kappa shape index (κ1) is 21.6. The molecule has 2 aliphatic heterocycles. The highest BCUT2D eigenvalue weighted by molar-refractivity contribution is 7.90. The zero-order valence-corrected chi connectivity index (χ0v) is 18.3. The van der Waals surface area contributed by atoms with Crippen molar-refractivity contribution in [2.45, 2.75) is 12.5 Å². The van der Waals surface area contributed by atoms with Crippen LogP contribution in [0.15, 0.2) is 46.0 Å². The van der Waals surface area contributed by atoms with E-state index in [9.17, 15) is 22.0 Å².